The van der Waals surface area contributed by atoms with Gasteiger partial charge in [-0.2, -0.15) is 0 Å². The van der Waals surface area contributed by atoms with Crippen LogP contribution in [0.15, 0.2) is 24.3 Å². The molecule has 0 heterocycles. The molecule has 0 amide bonds. The van der Waals surface area contributed by atoms with Gasteiger partial charge in [0.25, 0.3) is 0 Å². The van der Waals surface area contributed by atoms with E-state index in [1.54, 1.807) is 0 Å². The van der Waals surface area contributed by atoms with E-state index in [4.69, 9.17) is 4.74 Å². The Kier molecular flexibility index (Phi) is 4.87. The van der Waals surface area contributed by atoms with Gasteiger partial charge in [-0.3, -0.25) is 0 Å². The molecule has 1 aliphatic rings. The molecular weight excluding hydrogens is 234 g/mol. The minimum absolute atomic E-state index is 0.231. The van der Waals surface area contributed by atoms with Crippen LogP contribution in [0.3, 0.4) is 0 Å². The molecule has 1 aliphatic carbocycles. The van der Waals surface area contributed by atoms with Crippen molar-refractivity contribution in [2.45, 2.75) is 52.2 Å². The van der Waals surface area contributed by atoms with E-state index in [-0.39, 0.29) is 6.10 Å². The quantitative estimate of drug-likeness (QED) is 0.859. The van der Waals surface area contributed by atoms with Crippen molar-refractivity contribution >= 4 is 0 Å². The molecule has 106 valence electrons. The molecule has 1 fully saturated rings. The third-order valence-corrected chi connectivity index (χ3v) is 4.11. The highest BCUT2D eigenvalue weighted by Crippen LogP contribution is 2.39. The molecule has 2 nitrogen and oxygen atoms in total. The van der Waals surface area contributed by atoms with Gasteiger partial charge in [-0.05, 0) is 63.3 Å². The van der Waals surface area contributed by atoms with Crippen LogP contribution in [-0.4, -0.2) is 13.2 Å². The minimum atomic E-state index is 0.231. The average Bonchev–Trinajstić information content (AvgIpc) is 2.76. The Morgan fingerprint density at radius 2 is 2.05 bits per heavy atom. The fraction of sp³-hybridized carbons (Fsp3) is 0.647. The third kappa shape index (κ3) is 3.73. The molecule has 3 unspecified atom stereocenters. The number of benzene rings is 1. The molecule has 1 aromatic carbocycles. The van der Waals surface area contributed by atoms with Crippen molar-refractivity contribution < 1.29 is 4.74 Å². The van der Waals surface area contributed by atoms with E-state index in [0.29, 0.717) is 6.04 Å². The summed E-state index contributed by atoms with van der Waals surface area (Å²) >= 11 is 0. The second-order valence-corrected chi connectivity index (χ2v) is 6.18. The van der Waals surface area contributed by atoms with Crippen molar-refractivity contribution in [2.24, 2.45) is 11.8 Å². The summed E-state index contributed by atoms with van der Waals surface area (Å²) in [6.07, 6.45) is 4.27. The second-order valence-electron chi connectivity index (χ2n) is 6.18. The lowest BCUT2D eigenvalue weighted by molar-refractivity contribution is 0.241. The molecule has 3 atom stereocenters. The van der Waals surface area contributed by atoms with E-state index in [1.165, 1.54) is 24.8 Å². The molecule has 19 heavy (non-hydrogen) atoms. The lowest BCUT2D eigenvalue weighted by atomic mass is 9.91. The SMILES string of the molecule is CNC(c1cccc(OC(C)C)c1)C1CCC(C)C1. The number of nitrogens with one attached hydrogen (secondary N) is 1. The van der Waals surface area contributed by atoms with Crippen LogP contribution >= 0.6 is 0 Å². The van der Waals surface area contributed by atoms with Gasteiger partial charge in [0, 0.05) is 6.04 Å². The van der Waals surface area contributed by atoms with Gasteiger partial charge in [-0.25, -0.2) is 0 Å². The van der Waals surface area contributed by atoms with Crippen molar-refractivity contribution in [3.8, 4) is 5.75 Å². The van der Waals surface area contributed by atoms with Crippen LogP contribution in [0.25, 0.3) is 0 Å². The summed E-state index contributed by atoms with van der Waals surface area (Å²) in [6.45, 7) is 6.51. The Morgan fingerprint density at radius 1 is 1.26 bits per heavy atom. The van der Waals surface area contributed by atoms with E-state index in [9.17, 15) is 0 Å². The lowest BCUT2D eigenvalue weighted by Crippen LogP contribution is -2.23. The minimum Gasteiger partial charge on any atom is -0.491 e. The largest absolute Gasteiger partial charge is 0.491 e. The van der Waals surface area contributed by atoms with Gasteiger partial charge >= 0.3 is 0 Å². The van der Waals surface area contributed by atoms with Crippen LogP contribution in [0.5, 0.6) is 5.75 Å². The molecule has 0 aromatic heterocycles. The normalized spacial score (nSPS) is 24.7. The number of rotatable bonds is 5. The van der Waals surface area contributed by atoms with Gasteiger partial charge in [-0.1, -0.05) is 25.5 Å². The summed E-state index contributed by atoms with van der Waals surface area (Å²) in [7, 11) is 2.07. The highest BCUT2D eigenvalue weighted by atomic mass is 16.5. The van der Waals surface area contributed by atoms with Crippen LogP contribution in [-0.2, 0) is 0 Å². The summed E-state index contributed by atoms with van der Waals surface area (Å²) in [5, 5.41) is 3.51. The monoisotopic (exact) mass is 261 g/mol. The molecule has 1 saturated carbocycles. The summed E-state index contributed by atoms with van der Waals surface area (Å²) in [5.41, 5.74) is 1.36. The Balaban J connectivity index is 2.13. The Hall–Kier alpha value is -1.02. The van der Waals surface area contributed by atoms with Crippen molar-refractivity contribution in [3.05, 3.63) is 29.8 Å². The summed E-state index contributed by atoms with van der Waals surface area (Å²) < 4.78 is 5.81. The first-order chi connectivity index (χ1) is 9.10. The molecular formula is C17H27NO. The van der Waals surface area contributed by atoms with Gasteiger partial charge in [0.2, 0.25) is 0 Å². The molecule has 2 rings (SSSR count). The zero-order valence-electron chi connectivity index (χ0n) is 12.6. The average molecular weight is 261 g/mol. The third-order valence-electron chi connectivity index (χ3n) is 4.11. The van der Waals surface area contributed by atoms with E-state index >= 15 is 0 Å². The second kappa shape index (κ2) is 6.42. The van der Waals surface area contributed by atoms with Crippen LogP contribution in [0.4, 0.5) is 0 Å². The fourth-order valence-electron chi connectivity index (χ4n) is 3.28. The first kappa shape index (κ1) is 14.4. The maximum Gasteiger partial charge on any atom is 0.120 e. The molecule has 0 spiro atoms. The van der Waals surface area contributed by atoms with Crippen molar-refractivity contribution in [2.75, 3.05) is 7.05 Å². The zero-order chi connectivity index (χ0) is 13.8. The standard InChI is InChI=1S/C17H27NO/c1-12(2)19-16-7-5-6-14(11-16)17(18-4)15-9-8-13(3)10-15/h5-7,11-13,15,17-18H,8-10H2,1-4H3. The summed E-state index contributed by atoms with van der Waals surface area (Å²) in [4.78, 5) is 0. The predicted octanol–water partition coefficient (Wildman–Crippen LogP) is 4.17. The molecule has 1 N–H and O–H groups in total. The number of hydrogen-bond donors (Lipinski definition) is 1. The topological polar surface area (TPSA) is 21.3 Å². The first-order valence-corrected chi connectivity index (χ1v) is 7.54. The molecule has 0 radical (unpaired) electrons. The van der Waals surface area contributed by atoms with Gasteiger partial charge in [0.15, 0.2) is 0 Å². The van der Waals surface area contributed by atoms with Crippen LogP contribution in [0.1, 0.15) is 51.6 Å². The fourth-order valence-corrected chi connectivity index (χ4v) is 3.28. The molecule has 0 saturated heterocycles. The molecule has 0 aliphatic heterocycles. The van der Waals surface area contributed by atoms with E-state index in [1.807, 2.05) is 6.07 Å². The van der Waals surface area contributed by atoms with Gasteiger partial charge in [0.1, 0.15) is 5.75 Å². The highest BCUT2D eigenvalue weighted by molar-refractivity contribution is 5.31. The van der Waals surface area contributed by atoms with Crippen LogP contribution < -0.4 is 10.1 Å². The Labute approximate surface area is 117 Å². The maximum absolute atomic E-state index is 5.81. The van der Waals surface area contributed by atoms with Gasteiger partial charge in [-0.15, -0.1) is 0 Å². The Bertz CT molecular complexity index is 402. The van der Waals surface area contributed by atoms with Crippen molar-refractivity contribution in [1.29, 1.82) is 0 Å². The smallest absolute Gasteiger partial charge is 0.120 e. The van der Waals surface area contributed by atoms with Crippen LogP contribution in [0.2, 0.25) is 0 Å². The highest BCUT2D eigenvalue weighted by Gasteiger charge is 2.28. The van der Waals surface area contributed by atoms with Gasteiger partial charge in [0.05, 0.1) is 6.10 Å². The summed E-state index contributed by atoms with van der Waals surface area (Å²) in [5.74, 6) is 2.61. The maximum atomic E-state index is 5.81. The first-order valence-electron chi connectivity index (χ1n) is 7.54. The molecule has 1 aromatic rings. The number of hydrogen-bond acceptors (Lipinski definition) is 2. The Morgan fingerprint density at radius 3 is 2.63 bits per heavy atom. The number of ether oxygens (including phenoxy) is 1. The lowest BCUT2D eigenvalue weighted by Gasteiger charge is -2.24. The predicted molar refractivity (Wildman–Crippen MR) is 80.5 cm³/mol. The van der Waals surface area contributed by atoms with E-state index < -0.39 is 0 Å². The molecule has 2 heteroatoms. The molecule has 0 bridgehead atoms. The van der Waals surface area contributed by atoms with Crippen molar-refractivity contribution in [3.63, 3.8) is 0 Å². The van der Waals surface area contributed by atoms with E-state index in [2.05, 4.69) is 51.3 Å². The van der Waals surface area contributed by atoms with Crippen LogP contribution in [0, 0.1) is 11.8 Å². The summed E-state index contributed by atoms with van der Waals surface area (Å²) in [6, 6.07) is 9.03. The zero-order valence-corrected chi connectivity index (χ0v) is 12.6. The van der Waals surface area contributed by atoms with Crippen molar-refractivity contribution in [1.82, 2.24) is 5.32 Å². The van der Waals surface area contributed by atoms with Gasteiger partial charge < -0.3 is 10.1 Å². The van der Waals surface area contributed by atoms with E-state index in [0.717, 1.165) is 17.6 Å².